The molecule has 0 aliphatic carbocycles. The van der Waals surface area contributed by atoms with E-state index in [0.29, 0.717) is 10.2 Å². The maximum atomic E-state index is 13.0. The number of carbonyl (C=O) groups excluding carboxylic acids is 1. The molecule has 31 heavy (non-hydrogen) atoms. The van der Waals surface area contributed by atoms with Crippen LogP contribution in [0.25, 0.3) is 16.6 Å². The highest BCUT2D eigenvalue weighted by molar-refractivity contribution is 5.83. The van der Waals surface area contributed by atoms with Crippen molar-refractivity contribution in [1.82, 2.24) is 24.5 Å². The summed E-state index contributed by atoms with van der Waals surface area (Å²) in [5.74, 6) is -2.22. The van der Waals surface area contributed by atoms with Crippen LogP contribution in [0.4, 0.5) is 13.2 Å². The van der Waals surface area contributed by atoms with Crippen molar-refractivity contribution in [3.05, 3.63) is 76.0 Å². The molecular formula is C21H18F3N5O2. The van der Waals surface area contributed by atoms with E-state index in [1.54, 1.807) is 0 Å². The monoisotopic (exact) mass is 429 g/mol. The Morgan fingerprint density at radius 2 is 1.84 bits per heavy atom. The predicted octanol–water partition coefficient (Wildman–Crippen LogP) is 3.25. The van der Waals surface area contributed by atoms with Crippen LogP contribution in [0.15, 0.2) is 53.3 Å². The third-order valence-corrected chi connectivity index (χ3v) is 5.00. The van der Waals surface area contributed by atoms with Gasteiger partial charge in [0.25, 0.3) is 11.4 Å². The molecule has 1 amide bonds. The molecule has 2 aromatic carbocycles. The highest BCUT2D eigenvalue weighted by Gasteiger charge is 2.37. The molecule has 2 heterocycles. The van der Waals surface area contributed by atoms with Crippen LogP contribution >= 0.6 is 0 Å². The van der Waals surface area contributed by atoms with Gasteiger partial charge < -0.3 is 9.88 Å². The Morgan fingerprint density at radius 1 is 1.13 bits per heavy atom. The Hall–Kier alpha value is -3.69. The molecule has 1 N–H and O–H groups in total. The van der Waals surface area contributed by atoms with Gasteiger partial charge in [0, 0.05) is 11.8 Å². The zero-order chi connectivity index (χ0) is 22.3. The molecule has 7 nitrogen and oxygen atoms in total. The lowest BCUT2D eigenvalue weighted by atomic mass is 10.0. The number of carbonyl (C=O) groups is 1. The van der Waals surface area contributed by atoms with E-state index < -0.39 is 23.5 Å². The number of hydrogen-bond donors (Lipinski definition) is 1. The lowest BCUT2D eigenvalue weighted by Gasteiger charge is -2.17. The summed E-state index contributed by atoms with van der Waals surface area (Å²) >= 11 is 0. The van der Waals surface area contributed by atoms with E-state index in [1.807, 2.05) is 49.4 Å². The van der Waals surface area contributed by atoms with Crippen molar-refractivity contribution in [2.45, 2.75) is 32.6 Å². The van der Waals surface area contributed by atoms with Crippen molar-refractivity contribution in [3.8, 4) is 0 Å². The number of aryl methyl sites for hydroxylation is 1. The van der Waals surface area contributed by atoms with Crippen molar-refractivity contribution >= 4 is 22.5 Å². The first-order chi connectivity index (χ1) is 14.6. The highest BCUT2D eigenvalue weighted by Crippen LogP contribution is 2.26. The number of rotatable bonds is 4. The molecule has 4 rings (SSSR count). The number of amides is 1. The highest BCUT2D eigenvalue weighted by atomic mass is 19.4. The quantitative estimate of drug-likeness (QED) is 0.540. The summed E-state index contributed by atoms with van der Waals surface area (Å²) in [5.41, 5.74) is 0.430. The molecule has 0 radical (unpaired) electrons. The molecule has 0 saturated heterocycles. The summed E-state index contributed by atoms with van der Waals surface area (Å²) < 4.78 is 40.8. The minimum atomic E-state index is -4.81. The molecule has 1 unspecified atom stereocenters. The fraction of sp³-hybridized carbons (Fsp3) is 0.238. The molecular weight excluding hydrogens is 411 g/mol. The van der Waals surface area contributed by atoms with Gasteiger partial charge in [0.2, 0.25) is 11.7 Å². The Bertz CT molecular complexity index is 1360. The Balaban J connectivity index is 1.60. The van der Waals surface area contributed by atoms with E-state index in [0.717, 1.165) is 22.4 Å². The van der Waals surface area contributed by atoms with Crippen molar-refractivity contribution in [2.24, 2.45) is 0 Å². The lowest BCUT2D eigenvalue weighted by Crippen LogP contribution is -2.32. The first-order valence-electron chi connectivity index (χ1n) is 9.46. The smallest absolute Gasteiger partial charge is 0.348 e. The van der Waals surface area contributed by atoms with Crippen LogP contribution in [0.2, 0.25) is 0 Å². The van der Waals surface area contributed by atoms with Gasteiger partial charge in [-0.15, -0.1) is 5.10 Å². The first kappa shape index (κ1) is 20.6. The zero-order valence-electron chi connectivity index (χ0n) is 16.6. The van der Waals surface area contributed by atoms with Gasteiger partial charge in [0.15, 0.2) is 0 Å². The minimum Gasteiger partial charge on any atom is -0.348 e. The van der Waals surface area contributed by atoms with Crippen LogP contribution in [0.1, 0.15) is 30.0 Å². The number of benzene rings is 2. The van der Waals surface area contributed by atoms with Crippen molar-refractivity contribution in [1.29, 1.82) is 0 Å². The number of alkyl halides is 3. The van der Waals surface area contributed by atoms with Gasteiger partial charge in [-0.3, -0.25) is 9.59 Å². The number of aromatic nitrogens is 4. The number of halogens is 3. The Morgan fingerprint density at radius 3 is 2.55 bits per heavy atom. The third-order valence-electron chi connectivity index (χ3n) is 5.00. The van der Waals surface area contributed by atoms with Crippen molar-refractivity contribution in [3.63, 3.8) is 0 Å². The van der Waals surface area contributed by atoms with Crippen molar-refractivity contribution in [2.75, 3.05) is 0 Å². The second-order valence-corrected chi connectivity index (χ2v) is 7.25. The SMILES string of the molecule is Cc1cc(=O)n2nc(C(F)(F)F)nc2n1CC(=O)NC(C)c1ccc2ccccc2c1. The Kier molecular flexibility index (Phi) is 5.00. The molecule has 2 aromatic heterocycles. The van der Waals surface area contributed by atoms with Crippen LogP contribution in [-0.2, 0) is 17.5 Å². The van der Waals surface area contributed by atoms with E-state index in [-0.39, 0.29) is 18.4 Å². The Labute approximate surface area is 174 Å². The number of fused-ring (bicyclic) bond motifs is 2. The molecule has 0 saturated carbocycles. The van der Waals surface area contributed by atoms with Crippen molar-refractivity contribution < 1.29 is 18.0 Å². The van der Waals surface area contributed by atoms with Crippen LogP contribution in [0.5, 0.6) is 0 Å². The van der Waals surface area contributed by atoms with Crippen LogP contribution in [0.3, 0.4) is 0 Å². The van der Waals surface area contributed by atoms with E-state index in [1.165, 1.54) is 11.5 Å². The first-order valence-corrected chi connectivity index (χ1v) is 9.46. The second-order valence-electron chi connectivity index (χ2n) is 7.25. The number of nitrogens with zero attached hydrogens (tertiary/aromatic N) is 4. The molecule has 4 aromatic rings. The molecule has 160 valence electrons. The van der Waals surface area contributed by atoms with Gasteiger partial charge in [0.05, 0.1) is 6.04 Å². The predicted molar refractivity (Wildman–Crippen MR) is 107 cm³/mol. The maximum absolute atomic E-state index is 13.0. The summed E-state index contributed by atoms with van der Waals surface area (Å²) in [6.07, 6.45) is -4.81. The molecule has 1 atom stereocenters. The average Bonchev–Trinajstić information content (AvgIpc) is 3.17. The minimum absolute atomic E-state index is 0.298. The van der Waals surface area contributed by atoms with Gasteiger partial charge in [0.1, 0.15) is 6.54 Å². The summed E-state index contributed by atoms with van der Waals surface area (Å²) in [7, 11) is 0. The molecule has 0 fully saturated rings. The normalized spacial score (nSPS) is 12.9. The molecule has 0 aliphatic rings. The van der Waals surface area contributed by atoms with Gasteiger partial charge in [-0.1, -0.05) is 36.4 Å². The van der Waals surface area contributed by atoms with Gasteiger partial charge in [-0.25, -0.2) is 0 Å². The summed E-state index contributed by atoms with van der Waals surface area (Å²) in [6.45, 7) is 3.02. The van der Waals surface area contributed by atoms with Crippen LogP contribution in [-0.4, -0.2) is 25.1 Å². The molecule has 0 bridgehead atoms. The second kappa shape index (κ2) is 7.53. The van der Waals surface area contributed by atoms with E-state index in [2.05, 4.69) is 15.4 Å². The van der Waals surface area contributed by atoms with Gasteiger partial charge in [-0.2, -0.15) is 22.7 Å². The van der Waals surface area contributed by atoms with Gasteiger partial charge >= 0.3 is 6.18 Å². The fourth-order valence-corrected chi connectivity index (χ4v) is 3.41. The maximum Gasteiger partial charge on any atom is 0.453 e. The van der Waals surface area contributed by atoms with Crippen LogP contribution in [0, 0.1) is 6.92 Å². The fourth-order valence-electron chi connectivity index (χ4n) is 3.41. The summed E-state index contributed by atoms with van der Waals surface area (Å²) in [6, 6.07) is 14.4. The number of hydrogen-bond acceptors (Lipinski definition) is 4. The van der Waals surface area contributed by atoms with E-state index in [4.69, 9.17) is 0 Å². The number of nitrogens with one attached hydrogen (secondary N) is 1. The average molecular weight is 429 g/mol. The summed E-state index contributed by atoms with van der Waals surface area (Å²) in [4.78, 5) is 28.1. The molecule has 10 heteroatoms. The van der Waals surface area contributed by atoms with Gasteiger partial charge in [-0.05, 0) is 36.2 Å². The largest absolute Gasteiger partial charge is 0.453 e. The van der Waals surface area contributed by atoms with E-state index in [9.17, 15) is 22.8 Å². The molecule has 0 spiro atoms. The standard InChI is InChI=1S/C21H18F3N5O2/c1-12-9-18(31)29-20(26-19(27-29)21(22,23)24)28(12)11-17(30)25-13(2)15-8-7-14-5-3-4-6-16(14)10-15/h3-10,13H,11H2,1-2H3,(H,25,30). The summed E-state index contributed by atoms with van der Waals surface area (Å²) in [5, 5.41) is 8.18. The topological polar surface area (TPSA) is 81.3 Å². The molecule has 0 aliphatic heterocycles. The van der Waals surface area contributed by atoms with E-state index >= 15 is 0 Å². The van der Waals surface area contributed by atoms with Crippen LogP contribution < -0.4 is 10.9 Å². The lowest BCUT2D eigenvalue weighted by molar-refractivity contribution is -0.144. The third kappa shape index (κ3) is 4.00. The zero-order valence-corrected chi connectivity index (χ0v) is 16.6.